The zero-order valence-corrected chi connectivity index (χ0v) is 10.8. The number of hydrogen-bond donors (Lipinski definition) is 1. The van der Waals surface area contributed by atoms with E-state index in [1.807, 2.05) is 12.1 Å². The van der Waals surface area contributed by atoms with E-state index in [9.17, 15) is 9.59 Å². The lowest BCUT2D eigenvalue weighted by Gasteiger charge is -2.15. The minimum absolute atomic E-state index is 0.170. The number of esters is 1. The second-order valence-electron chi connectivity index (χ2n) is 4.11. The largest absolute Gasteiger partial charge is 0.464 e. The van der Waals surface area contributed by atoms with Crippen LogP contribution in [0.1, 0.15) is 19.5 Å². The van der Waals surface area contributed by atoms with Gasteiger partial charge in [-0.15, -0.1) is 0 Å². The summed E-state index contributed by atoms with van der Waals surface area (Å²) in [5.41, 5.74) is 1.20. The van der Waals surface area contributed by atoms with Gasteiger partial charge in [-0.05, 0) is 25.1 Å². The van der Waals surface area contributed by atoms with Crippen molar-refractivity contribution in [3.05, 3.63) is 29.7 Å². The fourth-order valence-electron chi connectivity index (χ4n) is 1.79. The minimum Gasteiger partial charge on any atom is -0.464 e. The van der Waals surface area contributed by atoms with E-state index in [1.54, 1.807) is 19.2 Å². The molecule has 6 nitrogen and oxygen atoms in total. The van der Waals surface area contributed by atoms with E-state index in [0.717, 1.165) is 5.69 Å². The highest BCUT2D eigenvalue weighted by Crippen LogP contribution is 2.17. The Balaban J connectivity index is 2.04. The molecule has 1 aromatic rings. The second kappa shape index (κ2) is 5.51. The number of carbonyl (C=O) groups excluding carboxylic acids is 2. The number of H-pyrrole nitrogens is 1. The number of ether oxygens (including phenoxy) is 1. The van der Waals surface area contributed by atoms with E-state index in [2.05, 4.69) is 9.98 Å². The highest BCUT2D eigenvalue weighted by Gasteiger charge is 2.27. The molecule has 0 aromatic carbocycles. The van der Waals surface area contributed by atoms with Crippen molar-refractivity contribution < 1.29 is 14.3 Å². The monoisotopic (exact) mass is 261 g/mol. The molecule has 0 saturated carbocycles. The predicted octanol–water partition coefficient (Wildman–Crippen LogP) is 1.18. The van der Waals surface area contributed by atoms with E-state index in [0.29, 0.717) is 18.1 Å². The van der Waals surface area contributed by atoms with E-state index < -0.39 is 0 Å². The summed E-state index contributed by atoms with van der Waals surface area (Å²) in [4.78, 5) is 31.5. The van der Waals surface area contributed by atoms with Crippen LogP contribution in [-0.4, -0.2) is 40.7 Å². The third-order valence-electron chi connectivity index (χ3n) is 2.67. The number of aromatic amines is 1. The van der Waals surface area contributed by atoms with Crippen molar-refractivity contribution >= 4 is 23.8 Å². The van der Waals surface area contributed by atoms with Crippen molar-refractivity contribution in [3.63, 3.8) is 0 Å². The molecule has 1 aliphatic heterocycles. The van der Waals surface area contributed by atoms with Gasteiger partial charge in [0.1, 0.15) is 18.1 Å². The molecule has 0 bridgehead atoms. The zero-order valence-electron chi connectivity index (χ0n) is 10.8. The number of amides is 1. The molecule has 0 fully saturated rings. The van der Waals surface area contributed by atoms with Crippen molar-refractivity contribution in [2.75, 3.05) is 13.2 Å². The predicted molar refractivity (Wildman–Crippen MR) is 70.2 cm³/mol. The van der Waals surface area contributed by atoms with Gasteiger partial charge in [0, 0.05) is 18.8 Å². The van der Waals surface area contributed by atoms with Gasteiger partial charge in [0.15, 0.2) is 0 Å². The van der Waals surface area contributed by atoms with Crippen LogP contribution in [0.25, 0.3) is 6.08 Å². The molecule has 0 saturated heterocycles. The normalized spacial score (nSPS) is 16.9. The lowest BCUT2D eigenvalue weighted by atomic mass is 10.3. The summed E-state index contributed by atoms with van der Waals surface area (Å²) in [5, 5.41) is 0. The van der Waals surface area contributed by atoms with Crippen molar-refractivity contribution in [2.45, 2.75) is 13.8 Å². The van der Waals surface area contributed by atoms with E-state index in [1.165, 1.54) is 11.8 Å². The van der Waals surface area contributed by atoms with Gasteiger partial charge >= 0.3 is 5.97 Å². The van der Waals surface area contributed by atoms with Crippen LogP contribution in [0.2, 0.25) is 0 Å². The number of hydrogen-bond acceptors (Lipinski definition) is 4. The van der Waals surface area contributed by atoms with Crippen LogP contribution in [0.4, 0.5) is 0 Å². The van der Waals surface area contributed by atoms with Gasteiger partial charge in [-0.25, -0.2) is 4.99 Å². The number of nitrogens with zero attached hydrogens (tertiary/aromatic N) is 2. The summed E-state index contributed by atoms with van der Waals surface area (Å²) in [6, 6.07) is 3.70. The molecular formula is C13H15N3O3. The maximum Gasteiger partial charge on any atom is 0.302 e. The van der Waals surface area contributed by atoms with Crippen LogP contribution in [0.3, 0.4) is 0 Å². The van der Waals surface area contributed by atoms with Crippen LogP contribution in [-0.2, 0) is 14.3 Å². The summed E-state index contributed by atoms with van der Waals surface area (Å²) >= 11 is 0. The highest BCUT2D eigenvalue weighted by atomic mass is 16.5. The van der Waals surface area contributed by atoms with Gasteiger partial charge in [-0.3, -0.25) is 14.5 Å². The van der Waals surface area contributed by atoms with Crippen LogP contribution in [0.15, 0.2) is 29.0 Å². The van der Waals surface area contributed by atoms with Crippen LogP contribution >= 0.6 is 0 Å². The van der Waals surface area contributed by atoms with Gasteiger partial charge in [0.25, 0.3) is 5.91 Å². The third-order valence-corrected chi connectivity index (χ3v) is 2.67. The molecule has 19 heavy (non-hydrogen) atoms. The molecule has 2 rings (SSSR count). The van der Waals surface area contributed by atoms with Gasteiger partial charge in [0.2, 0.25) is 0 Å². The lowest BCUT2D eigenvalue weighted by molar-refractivity contribution is -0.142. The first-order valence-electron chi connectivity index (χ1n) is 5.93. The standard InChI is InChI=1S/C13H15N3O3/c1-9-15-12(8-11-4-3-5-14-11)13(18)16(9)6-7-19-10(2)17/h3-5,8,14H,6-7H2,1-2H3. The SMILES string of the molecule is CC(=O)OCCN1C(=O)C(=Cc2ccc[nH]2)N=C1C. The number of nitrogens with one attached hydrogen (secondary N) is 1. The Bertz CT molecular complexity index is 543. The molecular weight excluding hydrogens is 246 g/mol. The molecule has 1 N–H and O–H groups in total. The Kier molecular flexibility index (Phi) is 3.79. The van der Waals surface area contributed by atoms with E-state index in [4.69, 9.17) is 4.74 Å². The van der Waals surface area contributed by atoms with E-state index >= 15 is 0 Å². The lowest BCUT2D eigenvalue weighted by Crippen LogP contribution is -2.33. The molecule has 1 amide bonds. The van der Waals surface area contributed by atoms with Crippen LogP contribution in [0.5, 0.6) is 0 Å². The van der Waals surface area contributed by atoms with Crippen LogP contribution in [0, 0.1) is 0 Å². The summed E-state index contributed by atoms with van der Waals surface area (Å²) in [7, 11) is 0. The summed E-state index contributed by atoms with van der Waals surface area (Å²) in [6.07, 6.45) is 3.47. The van der Waals surface area contributed by atoms with Gasteiger partial charge in [-0.2, -0.15) is 0 Å². The molecule has 6 heteroatoms. The summed E-state index contributed by atoms with van der Waals surface area (Å²) < 4.78 is 4.83. The molecule has 0 unspecified atom stereocenters. The highest BCUT2D eigenvalue weighted by molar-refractivity contribution is 6.13. The first-order valence-corrected chi connectivity index (χ1v) is 5.93. The molecule has 100 valence electrons. The number of amidine groups is 1. The van der Waals surface area contributed by atoms with Gasteiger partial charge in [-0.1, -0.05) is 0 Å². The Hall–Kier alpha value is -2.37. The zero-order chi connectivity index (χ0) is 13.8. The molecule has 1 aromatic heterocycles. The third kappa shape index (κ3) is 3.09. The van der Waals surface area contributed by atoms with Gasteiger partial charge < -0.3 is 9.72 Å². The maximum absolute atomic E-state index is 12.1. The number of carbonyl (C=O) groups is 2. The average Bonchev–Trinajstić information content (AvgIpc) is 2.93. The number of aliphatic imine (C=N–C) groups is 1. The fourth-order valence-corrected chi connectivity index (χ4v) is 1.79. The Morgan fingerprint density at radius 2 is 2.37 bits per heavy atom. The Morgan fingerprint density at radius 1 is 1.58 bits per heavy atom. The Labute approximate surface area is 110 Å². The van der Waals surface area contributed by atoms with Crippen molar-refractivity contribution in [1.29, 1.82) is 0 Å². The summed E-state index contributed by atoms with van der Waals surface area (Å²) in [6.45, 7) is 3.57. The average molecular weight is 261 g/mol. The smallest absolute Gasteiger partial charge is 0.302 e. The molecule has 0 aliphatic carbocycles. The van der Waals surface area contributed by atoms with Crippen LogP contribution < -0.4 is 0 Å². The number of rotatable bonds is 4. The van der Waals surface area contributed by atoms with E-state index in [-0.39, 0.29) is 18.5 Å². The summed E-state index contributed by atoms with van der Waals surface area (Å²) in [5.74, 6) is 0.0672. The second-order valence-corrected chi connectivity index (χ2v) is 4.11. The fraction of sp³-hybridized carbons (Fsp3) is 0.308. The molecule has 0 atom stereocenters. The molecule has 0 radical (unpaired) electrons. The maximum atomic E-state index is 12.1. The first-order chi connectivity index (χ1) is 9.08. The molecule has 0 spiro atoms. The molecule has 2 heterocycles. The molecule has 1 aliphatic rings. The topological polar surface area (TPSA) is 74.8 Å². The minimum atomic E-state index is -0.358. The number of aromatic nitrogens is 1. The quantitative estimate of drug-likeness (QED) is 0.653. The first kappa shape index (κ1) is 13.1. The van der Waals surface area contributed by atoms with Crippen molar-refractivity contribution in [3.8, 4) is 0 Å². The Morgan fingerprint density at radius 3 is 3.00 bits per heavy atom. The van der Waals surface area contributed by atoms with Crippen molar-refractivity contribution in [2.24, 2.45) is 4.99 Å². The van der Waals surface area contributed by atoms with Crippen molar-refractivity contribution in [1.82, 2.24) is 9.88 Å². The van der Waals surface area contributed by atoms with Gasteiger partial charge in [0.05, 0.1) is 6.54 Å².